The number of rotatable bonds is 0. The van der Waals surface area contributed by atoms with E-state index in [2.05, 4.69) is 5.14 Å². The fourth-order valence-corrected chi connectivity index (χ4v) is 1.06. The number of hydrogen-bond donors (Lipinski definition) is 2. The van der Waals surface area contributed by atoms with Crippen LogP contribution in [0.3, 0.4) is 0 Å². The van der Waals surface area contributed by atoms with Gasteiger partial charge in [0.2, 0.25) is 0 Å². The van der Waals surface area contributed by atoms with Crippen LogP contribution in [0.15, 0.2) is 0 Å². The van der Waals surface area contributed by atoms with Gasteiger partial charge in [0.05, 0.1) is 0 Å². The van der Waals surface area contributed by atoms with Crippen LogP contribution < -0.4 is 5.14 Å². The zero-order chi connectivity index (χ0) is 8.74. The van der Waals surface area contributed by atoms with Gasteiger partial charge in [0.1, 0.15) is 0 Å². The molecule has 0 aromatic heterocycles. The first kappa shape index (κ1) is 15.3. The molecule has 0 amide bonds. The van der Waals surface area contributed by atoms with E-state index >= 15 is 0 Å². The first-order chi connectivity index (χ1) is 5.00. The van der Waals surface area contributed by atoms with Crippen molar-refractivity contribution in [2.45, 2.75) is 38.5 Å². The Labute approximate surface area is 96.1 Å². The van der Waals surface area contributed by atoms with Crippen LogP contribution >= 0.6 is 0 Å². The average molecular weight is 204 g/mol. The zero-order valence-electron chi connectivity index (χ0n) is 7.49. The standard InChI is InChI=1S/C6H12.H3NO3S.Na/c1-2-4-6-5-3-1;1-5(2,3)4;/h1-6H2;(H3,1,2,3,4);. The molecule has 6 heteroatoms. The summed E-state index contributed by atoms with van der Waals surface area (Å²) < 4.78 is 25.2. The molecule has 69 valence electrons. The van der Waals surface area contributed by atoms with Crippen LogP contribution in [-0.4, -0.2) is 42.5 Å². The van der Waals surface area contributed by atoms with Gasteiger partial charge in [0.15, 0.2) is 0 Å². The molecular formula is C6H15NNaO3S. The second kappa shape index (κ2) is 8.47. The summed E-state index contributed by atoms with van der Waals surface area (Å²) in [6.45, 7) is 0. The van der Waals surface area contributed by atoms with E-state index in [1.54, 1.807) is 0 Å². The molecule has 4 nitrogen and oxygen atoms in total. The predicted octanol–water partition coefficient (Wildman–Crippen LogP) is 0.708. The van der Waals surface area contributed by atoms with Crippen molar-refractivity contribution in [2.24, 2.45) is 5.14 Å². The molecule has 0 saturated heterocycles. The molecule has 0 heterocycles. The zero-order valence-corrected chi connectivity index (χ0v) is 10.3. The van der Waals surface area contributed by atoms with Crippen molar-refractivity contribution in [3.8, 4) is 0 Å². The van der Waals surface area contributed by atoms with Crippen LogP contribution in [-0.2, 0) is 10.3 Å². The minimum atomic E-state index is -4.17. The van der Waals surface area contributed by atoms with Crippen molar-refractivity contribution >= 4 is 39.9 Å². The molecule has 0 aromatic carbocycles. The van der Waals surface area contributed by atoms with Crippen LogP contribution in [0.4, 0.5) is 0 Å². The summed E-state index contributed by atoms with van der Waals surface area (Å²) in [7, 11) is -4.17. The van der Waals surface area contributed by atoms with Gasteiger partial charge >= 0.3 is 10.3 Å². The van der Waals surface area contributed by atoms with Crippen LogP contribution in [0.2, 0.25) is 0 Å². The molecule has 12 heavy (non-hydrogen) atoms. The maximum Gasteiger partial charge on any atom is 0.330 e. The van der Waals surface area contributed by atoms with Gasteiger partial charge in [-0.25, -0.2) is 5.14 Å². The second-order valence-electron chi connectivity index (χ2n) is 2.64. The molecule has 0 bridgehead atoms. The summed E-state index contributed by atoms with van der Waals surface area (Å²) in [5.74, 6) is 0. The topological polar surface area (TPSA) is 80.4 Å². The third-order valence-corrected chi connectivity index (χ3v) is 1.50. The van der Waals surface area contributed by atoms with E-state index in [-0.39, 0.29) is 29.6 Å². The van der Waals surface area contributed by atoms with Gasteiger partial charge in [-0.05, 0) is 0 Å². The Morgan fingerprint density at radius 3 is 1.08 bits per heavy atom. The molecule has 1 fully saturated rings. The Bertz CT molecular complexity index is 158. The molecule has 0 unspecified atom stereocenters. The quantitative estimate of drug-likeness (QED) is 0.450. The van der Waals surface area contributed by atoms with Crippen molar-refractivity contribution < 1.29 is 13.0 Å². The van der Waals surface area contributed by atoms with Crippen LogP contribution in [0.1, 0.15) is 38.5 Å². The largest absolute Gasteiger partial charge is 0.330 e. The van der Waals surface area contributed by atoms with Gasteiger partial charge in [-0.1, -0.05) is 38.5 Å². The molecule has 0 spiro atoms. The van der Waals surface area contributed by atoms with E-state index < -0.39 is 10.3 Å². The van der Waals surface area contributed by atoms with E-state index in [0.717, 1.165) is 0 Å². The molecule has 0 aromatic rings. The van der Waals surface area contributed by atoms with Gasteiger partial charge in [-0.15, -0.1) is 0 Å². The normalized spacial score (nSPS) is 16.8. The van der Waals surface area contributed by atoms with Gasteiger partial charge in [0.25, 0.3) is 0 Å². The average Bonchev–Trinajstić information content (AvgIpc) is 1.88. The predicted molar refractivity (Wildman–Crippen MR) is 49.2 cm³/mol. The summed E-state index contributed by atoms with van der Waals surface area (Å²) in [6, 6.07) is 0. The molecule has 3 N–H and O–H groups in total. The maximum atomic E-state index is 8.97. The molecule has 0 atom stereocenters. The molecular weight excluding hydrogens is 189 g/mol. The van der Waals surface area contributed by atoms with Gasteiger partial charge in [-0.2, -0.15) is 8.42 Å². The molecule has 1 radical (unpaired) electrons. The van der Waals surface area contributed by atoms with Gasteiger partial charge in [-0.3, -0.25) is 4.55 Å². The van der Waals surface area contributed by atoms with Crippen molar-refractivity contribution in [2.75, 3.05) is 0 Å². The molecule has 1 aliphatic carbocycles. The minimum absolute atomic E-state index is 0. The Hall–Kier alpha value is 0.870. The van der Waals surface area contributed by atoms with Gasteiger partial charge < -0.3 is 0 Å². The third-order valence-electron chi connectivity index (χ3n) is 1.50. The second-order valence-corrected chi connectivity index (χ2v) is 3.67. The Balaban J connectivity index is 0. The number of nitrogens with two attached hydrogens (primary N) is 1. The van der Waals surface area contributed by atoms with Crippen molar-refractivity contribution in [1.29, 1.82) is 0 Å². The van der Waals surface area contributed by atoms with Crippen LogP contribution in [0.5, 0.6) is 0 Å². The number of hydrogen-bond acceptors (Lipinski definition) is 2. The third kappa shape index (κ3) is 22.4. The monoisotopic (exact) mass is 204 g/mol. The summed E-state index contributed by atoms with van der Waals surface area (Å²) in [4.78, 5) is 0. The fraction of sp³-hybridized carbons (Fsp3) is 1.00. The van der Waals surface area contributed by atoms with Crippen molar-refractivity contribution in [3.05, 3.63) is 0 Å². The van der Waals surface area contributed by atoms with E-state index in [4.69, 9.17) is 13.0 Å². The molecule has 1 rings (SSSR count). The summed E-state index contributed by atoms with van der Waals surface area (Å²) >= 11 is 0. The van der Waals surface area contributed by atoms with Gasteiger partial charge in [0, 0.05) is 29.6 Å². The van der Waals surface area contributed by atoms with Crippen LogP contribution in [0, 0.1) is 0 Å². The SMILES string of the molecule is C1CCCCC1.NS(=O)(=O)O.[Na]. The Morgan fingerprint density at radius 2 is 1.00 bits per heavy atom. The Morgan fingerprint density at radius 1 is 0.917 bits per heavy atom. The maximum absolute atomic E-state index is 8.97. The first-order valence-electron chi connectivity index (χ1n) is 3.75. The van der Waals surface area contributed by atoms with Crippen molar-refractivity contribution in [1.82, 2.24) is 0 Å². The first-order valence-corrected chi connectivity index (χ1v) is 5.25. The molecule has 1 saturated carbocycles. The summed E-state index contributed by atoms with van der Waals surface area (Å²) in [5, 5.41) is 3.88. The molecule has 1 aliphatic rings. The molecule has 0 aliphatic heterocycles. The van der Waals surface area contributed by atoms with E-state index in [1.807, 2.05) is 0 Å². The Kier molecular flexibility index (Phi) is 10.8. The van der Waals surface area contributed by atoms with Crippen molar-refractivity contribution in [3.63, 3.8) is 0 Å². The van der Waals surface area contributed by atoms with E-state index in [1.165, 1.54) is 38.5 Å². The fourth-order valence-electron chi connectivity index (χ4n) is 1.06. The van der Waals surface area contributed by atoms with Crippen LogP contribution in [0.25, 0.3) is 0 Å². The smallest absolute Gasteiger partial charge is 0.274 e. The summed E-state index contributed by atoms with van der Waals surface area (Å²) in [5.41, 5.74) is 0. The minimum Gasteiger partial charge on any atom is -0.274 e. The van der Waals surface area contributed by atoms with E-state index in [0.29, 0.717) is 0 Å². The van der Waals surface area contributed by atoms with E-state index in [9.17, 15) is 0 Å². The summed E-state index contributed by atoms with van der Waals surface area (Å²) in [6.07, 6.45) is 9.00.